The first kappa shape index (κ1) is 19.5. The average molecular weight is 348 g/mol. The van der Waals surface area contributed by atoms with Crippen molar-refractivity contribution in [1.29, 1.82) is 0 Å². The van der Waals surface area contributed by atoms with Crippen LogP contribution in [0.5, 0.6) is 5.88 Å². The number of hydrogen-bond acceptors (Lipinski definition) is 4. The first-order valence-corrected chi connectivity index (χ1v) is 9.22. The minimum absolute atomic E-state index is 0.332. The maximum atomic E-state index is 5.32. The number of ether oxygens (including phenoxy) is 2. The molecule has 25 heavy (non-hydrogen) atoms. The van der Waals surface area contributed by atoms with Gasteiger partial charge in [0.2, 0.25) is 5.88 Å². The van der Waals surface area contributed by atoms with Gasteiger partial charge in [0, 0.05) is 38.6 Å². The molecule has 0 bridgehead atoms. The zero-order chi connectivity index (χ0) is 18.0. The van der Waals surface area contributed by atoms with E-state index in [1.54, 1.807) is 20.4 Å². The molecule has 2 rings (SSSR count). The fourth-order valence-electron chi connectivity index (χ4n) is 3.46. The summed E-state index contributed by atoms with van der Waals surface area (Å²) in [5, 5.41) is 6.88. The summed E-state index contributed by atoms with van der Waals surface area (Å²) in [6.45, 7) is 5.21. The van der Waals surface area contributed by atoms with Crippen LogP contribution in [0.3, 0.4) is 0 Å². The Bertz CT molecular complexity index is 542. The van der Waals surface area contributed by atoms with E-state index in [1.807, 2.05) is 12.1 Å². The lowest BCUT2D eigenvalue weighted by Crippen LogP contribution is -2.43. The number of rotatable bonds is 9. The molecule has 140 valence electrons. The van der Waals surface area contributed by atoms with E-state index in [-0.39, 0.29) is 0 Å². The molecule has 0 unspecified atom stereocenters. The van der Waals surface area contributed by atoms with Crippen molar-refractivity contribution < 1.29 is 9.47 Å². The van der Waals surface area contributed by atoms with Crippen molar-refractivity contribution in [3.05, 3.63) is 23.9 Å². The Morgan fingerprint density at radius 2 is 2.08 bits per heavy atom. The SMILES string of the molecule is CCNC(=NCc1cccnc1OC)NCC1(CCOC)CCCC1. The number of guanidine groups is 1. The van der Waals surface area contributed by atoms with E-state index in [2.05, 4.69) is 22.5 Å². The summed E-state index contributed by atoms with van der Waals surface area (Å²) in [5.41, 5.74) is 1.32. The van der Waals surface area contributed by atoms with E-state index in [0.717, 1.165) is 37.6 Å². The van der Waals surface area contributed by atoms with Gasteiger partial charge >= 0.3 is 0 Å². The van der Waals surface area contributed by atoms with Gasteiger partial charge in [-0.25, -0.2) is 9.98 Å². The minimum Gasteiger partial charge on any atom is -0.481 e. The smallest absolute Gasteiger partial charge is 0.218 e. The molecule has 1 heterocycles. The van der Waals surface area contributed by atoms with Crippen LogP contribution >= 0.6 is 0 Å². The first-order chi connectivity index (χ1) is 12.2. The van der Waals surface area contributed by atoms with Gasteiger partial charge in [-0.2, -0.15) is 0 Å². The van der Waals surface area contributed by atoms with E-state index in [4.69, 9.17) is 14.5 Å². The second-order valence-corrected chi connectivity index (χ2v) is 6.67. The second-order valence-electron chi connectivity index (χ2n) is 6.67. The topological polar surface area (TPSA) is 67.8 Å². The number of hydrogen-bond donors (Lipinski definition) is 2. The number of methoxy groups -OCH3 is 2. The third-order valence-corrected chi connectivity index (χ3v) is 4.93. The molecule has 0 saturated heterocycles. The van der Waals surface area contributed by atoms with E-state index in [0.29, 0.717) is 17.8 Å². The third-order valence-electron chi connectivity index (χ3n) is 4.93. The molecule has 1 aliphatic carbocycles. The van der Waals surface area contributed by atoms with Gasteiger partial charge in [0.1, 0.15) is 0 Å². The van der Waals surface area contributed by atoms with Crippen LogP contribution in [0.25, 0.3) is 0 Å². The lowest BCUT2D eigenvalue weighted by molar-refractivity contribution is 0.138. The predicted octanol–water partition coefficient (Wildman–Crippen LogP) is 2.74. The summed E-state index contributed by atoms with van der Waals surface area (Å²) in [4.78, 5) is 8.94. The van der Waals surface area contributed by atoms with Crippen LogP contribution in [0.1, 0.15) is 44.6 Å². The molecule has 6 nitrogen and oxygen atoms in total. The van der Waals surface area contributed by atoms with Crippen LogP contribution in [0.2, 0.25) is 0 Å². The van der Waals surface area contributed by atoms with E-state index >= 15 is 0 Å². The van der Waals surface area contributed by atoms with Crippen LogP contribution in [0.4, 0.5) is 0 Å². The van der Waals surface area contributed by atoms with Crippen molar-refractivity contribution >= 4 is 5.96 Å². The fraction of sp³-hybridized carbons (Fsp3) is 0.684. The zero-order valence-electron chi connectivity index (χ0n) is 15.8. The average Bonchev–Trinajstić information content (AvgIpc) is 3.12. The van der Waals surface area contributed by atoms with Gasteiger partial charge in [-0.15, -0.1) is 0 Å². The van der Waals surface area contributed by atoms with Gasteiger partial charge in [-0.3, -0.25) is 0 Å². The highest BCUT2D eigenvalue weighted by atomic mass is 16.5. The number of aliphatic imine (C=N–C) groups is 1. The van der Waals surface area contributed by atoms with Crippen LogP contribution in [-0.4, -0.2) is 44.9 Å². The maximum Gasteiger partial charge on any atom is 0.218 e. The summed E-state index contributed by atoms with van der Waals surface area (Å²) in [6.07, 6.45) is 7.98. The molecule has 1 saturated carbocycles. The normalized spacial score (nSPS) is 16.7. The molecule has 1 aromatic rings. The summed E-state index contributed by atoms with van der Waals surface area (Å²) in [7, 11) is 3.42. The summed E-state index contributed by atoms with van der Waals surface area (Å²) in [5.74, 6) is 1.48. The lowest BCUT2D eigenvalue weighted by atomic mass is 9.83. The quantitative estimate of drug-likeness (QED) is 0.530. The summed E-state index contributed by atoms with van der Waals surface area (Å²) >= 11 is 0. The summed E-state index contributed by atoms with van der Waals surface area (Å²) < 4.78 is 10.6. The van der Waals surface area contributed by atoms with Gasteiger partial charge in [0.25, 0.3) is 0 Å². The standard InChI is InChI=1S/C19H32N4O2/c1-4-20-18(22-14-16-8-7-12-21-17(16)25-3)23-15-19(11-13-24-2)9-5-6-10-19/h7-8,12H,4-6,9-11,13-15H2,1-3H3,(H2,20,22,23). The number of aromatic nitrogens is 1. The molecule has 1 aliphatic rings. The highest BCUT2D eigenvalue weighted by Gasteiger charge is 2.33. The lowest BCUT2D eigenvalue weighted by Gasteiger charge is -2.30. The van der Waals surface area contributed by atoms with Crippen molar-refractivity contribution in [2.45, 2.75) is 45.6 Å². The van der Waals surface area contributed by atoms with Crippen molar-refractivity contribution in [1.82, 2.24) is 15.6 Å². The van der Waals surface area contributed by atoms with Crippen LogP contribution in [0.15, 0.2) is 23.3 Å². The zero-order valence-corrected chi connectivity index (χ0v) is 15.8. The fourth-order valence-corrected chi connectivity index (χ4v) is 3.46. The second kappa shape index (κ2) is 10.2. The van der Waals surface area contributed by atoms with Crippen molar-refractivity contribution in [3.8, 4) is 5.88 Å². The Balaban J connectivity index is 1.99. The molecule has 1 aromatic heterocycles. The van der Waals surface area contributed by atoms with Crippen LogP contribution in [-0.2, 0) is 11.3 Å². The first-order valence-electron chi connectivity index (χ1n) is 9.22. The Labute approximate surface area is 151 Å². The molecule has 0 aromatic carbocycles. The molecule has 0 aliphatic heterocycles. The number of nitrogens with one attached hydrogen (secondary N) is 2. The van der Waals surface area contributed by atoms with Crippen molar-refractivity contribution in [3.63, 3.8) is 0 Å². The molecule has 2 N–H and O–H groups in total. The van der Waals surface area contributed by atoms with E-state index in [9.17, 15) is 0 Å². The van der Waals surface area contributed by atoms with Gasteiger partial charge in [0.05, 0.1) is 13.7 Å². The Morgan fingerprint density at radius 1 is 1.28 bits per heavy atom. The predicted molar refractivity (Wildman–Crippen MR) is 101 cm³/mol. The molecule has 0 amide bonds. The van der Waals surface area contributed by atoms with Gasteiger partial charge in [-0.1, -0.05) is 18.9 Å². The van der Waals surface area contributed by atoms with Crippen LogP contribution < -0.4 is 15.4 Å². The molecular formula is C19H32N4O2. The maximum absolute atomic E-state index is 5.32. The molecular weight excluding hydrogens is 316 g/mol. The highest BCUT2D eigenvalue weighted by Crippen LogP contribution is 2.40. The van der Waals surface area contributed by atoms with Gasteiger partial charge in [-0.05, 0) is 37.7 Å². The molecule has 0 spiro atoms. The molecule has 6 heteroatoms. The molecule has 0 radical (unpaired) electrons. The largest absolute Gasteiger partial charge is 0.481 e. The molecule has 1 fully saturated rings. The summed E-state index contributed by atoms with van der Waals surface area (Å²) in [6, 6.07) is 3.90. The Hall–Kier alpha value is -1.82. The highest BCUT2D eigenvalue weighted by molar-refractivity contribution is 5.79. The Morgan fingerprint density at radius 3 is 2.76 bits per heavy atom. The van der Waals surface area contributed by atoms with Gasteiger partial charge < -0.3 is 20.1 Å². The van der Waals surface area contributed by atoms with Crippen molar-refractivity contribution in [2.24, 2.45) is 10.4 Å². The monoisotopic (exact) mass is 348 g/mol. The van der Waals surface area contributed by atoms with Crippen LogP contribution in [0, 0.1) is 5.41 Å². The Kier molecular flexibility index (Phi) is 7.98. The van der Waals surface area contributed by atoms with E-state index < -0.39 is 0 Å². The van der Waals surface area contributed by atoms with E-state index in [1.165, 1.54) is 25.7 Å². The number of pyridine rings is 1. The minimum atomic E-state index is 0.332. The van der Waals surface area contributed by atoms with Crippen molar-refractivity contribution in [2.75, 3.05) is 33.9 Å². The van der Waals surface area contributed by atoms with Gasteiger partial charge in [0.15, 0.2) is 5.96 Å². The number of nitrogens with zero attached hydrogens (tertiary/aromatic N) is 2. The molecule has 0 atom stereocenters. The third kappa shape index (κ3) is 5.88.